The minimum atomic E-state index is -0.0347. The number of hydrogen-bond donors (Lipinski definition) is 1. The highest BCUT2D eigenvalue weighted by Crippen LogP contribution is 2.57. The first-order chi connectivity index (χ1) is 8.13. The summed E-state index contributed by atoms with van der Waals surface area (Å²) in [5.74, 6) is 1.44. The summed E-state index contributed by atoms with van der Waals surface area (Å²) in [5, 5.41) is 3.14. The first kappa shape index (κ1) is 11.1. The van der Waals surface area contributed by atoms with Gasteiger partial charge in [0.05, 0.1) is 12.7 Å². The van der Waals surface area contributed by atoms with Gasteiger partial charge < -0.3 is 10.1 Å². The number of hydrogen-bond acceptors (Lipinski definition) is 2. The number of carbonyl (C=O) groups excluding carboxylic acids is 1. The molecule has 17 heavy (non-hydrogen) atoms. The number of benzene rings is 1. The van der Waals surface area contributed by atoms with E-state index in [1.807, 2.05) is 18.2 Å². The van der Waals surface area contributed by atoms with Gasteiger partial charge in [-0.1, -0.05) is 6.07 Å². The smallest absolute Gasteiger partial charge is 0.256 e. The van der Waals surface area contributed by atoms with Crippen LogP contribution in [0.25, 0.3) is 0 Å². The van der Waals surface area contributed by atoms with E-state index in [2.05, 4.69) is 21.2 Å². The fraction of sp³-hybridized carbons (Fsp3) is 0.462. The largest absolute Gasteiger partial charge is 0.496 e. The zero-order valence-corrected chi connectivity index (χ0v) is 11.2. The molecule has 4 heteroatoms. The highest BCUT2D eigenvalue weighted by atomic mass is 79.9. The Morgan fingerprint density at radius 2 is 2.18 bits per heavy atom. The standard InChI is InChI=1S/C13H14BrNO2/c1-17-10-4-2-3-9(14)11(10)12(16)15-13-5-8(6-13)7-13/h2-4,8H,5-7H2,1H3,(H,15,16). The molecule has 0 unspecified atom stereocenters. The Morgan fingerprint density at radius 1 is 1.47 bits per heavy atom. The van der Waals surface area contributed by atoms with E-state index in [0.29, 0.717) is 11.3 Å². The lowest BCUT2D eigenvalue weighted by molar-refractivity contribution is -0.0439. The maximum Gasteiger partial charge on any atom is 0.256 e. The molecule has 0 heterocycles. The van der Waals surface area contributed by atoms with Crippen molar-refractivity contribution in [1.29, 1.82) is 0 Å². The van der Waals surface area contributed by atoms with Gasteiger partial charge in [-0.25, -0.2) is 0 Å². The van der Waals surface area contributed by atoms with E-state index in [-0.39, 0.29) is 11.4 Å². The summed E-state index contributed by atoms with van der Waals surface area (Å²) >= 11 is 3.41. The lowest BCUT2D eigenvalue weighted by Gasteiger charge is -2.61. The first-order valence-electron chi connectivity index (χ1n) is 5.78. The van der Waals surface area contributed by atoms with Crippen molar-refractivity contribution >= 4 is 21.8 Å². The van der Waals surface area contributed by atoms with Crippen molar-refractivity contribution in [2.24, 2.45) is 5.92 Å². The molecule has 3 aliphatic rings. The molecule has 3 nitrogen and oxygen atoms in total. The van der Waals surface area contributed by atoms with E-state index in [4.69, 9.17) is 4.74 Å². The van der Waals surface area contributed by atoms with Crippen LogP contribution in [-0.2, 0) is 0 Å². The van der Waals surface area contributed by atoms with Gasteiger partial charge >= 0.3 is 0 Å². The molecule has 0 radical (unpaired) electrons. The van der Waals surface area contributed by atoms with Crippen LogP contribution in [0.3, 0.4) is 0 Å². The highest BCUT2D eigenvalue weighted by molar-refractivity contribution is 9.10. The molecule has 3 aliphatic carbocycles. The van der Waals surface area contributed by atoms with Crippen molar-refractivity contribution < 1.29 is 9.53 Å². The molecule has 0 atom stereocenters. The van der Waals surface area contributed by atoms with Gasteiger partial charge in [-0.3, -0.25) is 4.79 Å². The molecule has 90 valence electrons. The number of ether oxygens (including phenoxy) is 1. The number of carbonyl (C=O) groups is 1. The zero-order valence-electron chi connectivity index (χ0n) is 9.63. The maximum atomic E-state index is 12.3. The van der Waals surface area contributed by atoms with E-state index in [9.17, 15) is 4.79 Å². The van der Waals surface area contributed by atoms with Gasteiger partial charge in [0.15, 0.2) is 0 Å². The number of nitrogens with one attached hydrogen (secondary N) is 1. The third-order valence-corrected chi connectivity index (χ3v) is 4.50. The Kier molecular flexibility index (Phi) is 2.43. The molecule has 2 bridgehead atoms. The lowest BCUT2D eigenvalue weighted by atomic mass is 9.50. The van der Waals surface area contributed by atoms with Crippen LogP contribution in [0.4, 0.5) is 0 Å². The summed E-state index contributed by atoms with van der Waals surface area (Å²) in [4.78, 5) is 12.3. The molecule has 1 N–H and O–H groups in total. The molecule has 0 spiro atoms. The number of methoxy groups -OCH3 is 1. The van der Waals surface area contributed by atoms with Crippen molar-refractivity contribution in [2.45, 2.75) is 24.8 Å². The second-order valence-electron chi connectivity index (χ2n) is 5.03. The van der Waals surface area contributed by atoms with Crippen LogP contribution in [0.5, 0.6) is 5.75 Å². The summed E-state index contributed by atoms with van der Waals surface area (Å²) in [6, 6.07) is 5.53. The average Bonchev–Trinajstić information content (AvgIpc) is 2.21. The molecule has 0 aliphatic heterocycles. The second-order valence-corrected chi connectivity index (χ2v) is 5.88. The lowest BCUT2D eigenvalue weighted by Crippen LogP contribution is -2.68. The topological polar surface area (TPSA) is 38.3 Å². The van der Waals surface area contributed by atoms with Crippen molar-refractivity contribution in [2.75, 3.05) is 7.11 Å². The summed E-state index contributed by atoms with van der Waals surface area (Å²) in [7, 11) is 1.58. The Morgan fingerprint density at radius 3 is 2.71 bits per heavy atom. The zero-order chi connectivity index (χ0) is 12.0. The fourth-order valence-corrected chi connectivity index (χ4v) is 3.36. The van der Waals surface area contributed by atoms with Gasteiger partial charge in [-0.05, 0) is 53.2 Å². The van der Waals surface area contributed by atoms with E-state index < -0.39 is 0 Å². The minimum absolute atomic E-state index is 0.0347. The van der Waals surface area contributed by atoms with Crippen molar-refractivity contribution in [1.82, 2.24) is 5.32 Å². The molecule has 0 saturated heterocycles. The van der Waals surface area contributed by atoms with Gasteiger partial charge in [0, 0.05) is 10.0 Å². The number of rotatable bonds is 3. The molecule has 4 rings (SSSR count). The monoisotopic (exact) mass is 295 g/mol. The second kappa shape index (κ2) is 3.73. The van der Waals surface area contributed by atoms with Crippen LogP contribution in [0, 0.1) is 5.92 Å². The van der Waals surface area contributed by atoms with Crippen LogP contribution in [0.15, 0.2) is 22.7 Å². The molecule has 0 aromatic heterocycles. The highest BCUT2D eigenvalue weighted by Gasteiger charge is 2.57. The molecular formula is C13H14BrNO2. The molecule has 1 aromatic rings. The van der Waals surface area contributed by atoms with Gasteiger partial charge in [0.25, 0.3) is 5.91 Å². The fourth-order valence-electron chi connectivity index (χ4n) is 2.83. The maximum absolute atomic E-state index is 12.3. The molecule has 3 saturated carbocycles. The van der Waals surface area contributed by atoms with Gasteiger partial charge in [-0.15, -0.1) is 0 Å². The van der Waals surface area contributed by atoms with Gasteiger partial charge in [-0.2, -0.15) is 0 Å². The van der Waals surface area contributed by atoms with Gasteiger partial charge in [0.1, 0.15) is 5.75 Å². The summed E-state index contributed by atoms with van der Waals surface area (Å²) in [6.45, 7) is 0. The average molecular weight is 296 g/mol. The molecule has 3 fully saturated rings. The summed E-state index contributed by atoms with van der Waals surface area (Å²) in [5.41, 5.74) is 0.696. The minimum Gasteiger partial charge on any atom is -0.496 e. The normalized spacial score (nSPS) is 28.9. The Bertz CT molecular complexity index is 469. The van der Waals surface area contributed by atoms with Crippen LogP contribution in [0.1, 0.15) is 29.6 Å². The van der Waals surface area contributed by atoms with E-state index in [1.54, 1.807) is 7.11 Å². The Balaban J connectivity index is 1.84. The van der Waals surface area contributed by atoms with Crippen LogP contribution >= 0.6 is 15.9 Å². The Hall–Kier alpha value is -1.03. The van der Waals surface area contributed by atoms with Crippen molar-refractivity contribution in [3.63, 3.8) is 0 Å². The van der Waals surface area contributed by atoms with Crippen LogP contribution in [0.2, 0.25) is 0 Å². The molecule has 1 aromatic carbocycles. The Labute approximate surface area is 109 Å². The quantitative estimate of drug-likeness (QED) is 0.931. The first-order valence-corrected chi connectivity index (χ1v) is 6.58. The van der Waals surface area contributed by atoms with Crippen LogP contribution in [-0.4, -0.2) is 18.6 Å². The number of amides is 1. The van der Waals surface area contributed by atoms with E-state index in [0.717, 1.165) is 29.7 Å². The predicted octanol–water partition coefficient (Wildman–Crippen LogP) is 2.74. The molecular weight excluding hydrogens is 282 g/mol. The van der Waals surface area contributed by atoms with E-state index >= 15 is 0 Å². The third kappa shape index (κ3) is 1.66. The molecule has 1 amide bonds. The van der Waals surface area contributed by atoms with Crippen molar-refractivity contribution in [3.8, 4) is 5.75 Å². The van der Waals surface area contributed by atoms with Crippen molar-refractivity contribution in [3.05, 3.63) is 28.2 Å². The van der Waals surface area contributed by atoms with E-state index in [1.165, 1.54) is 0 Å². The van der Waals surface area contributed by atoms with Gasteiger partial charge in [0.2, 0.25) is 0 Å². The van der Waals surface area contributed by atoms with Crippen LogP contribution < -0.4 is 10.1 Å². The number of halogens is 1. The predicted molar refractivity (Wildman–Crippen MR) is 68.2 cm³/mol. The SMILES string of the molecule is COc1cccc(Br)c1C(=O)NC12CC(C1)C2. The third-order valence-electron chi connectivity index (χ3n) is 3.84. The summed E-state index contributed by atoms with van der Waals surface area (Å²) in [6.07, 6.45) is 3.43. The summed E-state index contributed by atoms with van der Waals surface area (Å²) < 4.78 is 6.01.